The highest BCUT2D eigenvalue weighted by Crippen LogP contribution is 2.32. The minimum atomic E-state index is -0.848. The van der Waals surface area contributed by atoms with E-state index in [1.165, 1.54) is 10.6 Å². The highest BCUT2D eigenvalue weighted by atomic mass is 19.1. The van der Waals surface area contributed by atoms with Gasteiger partial charge in [-0.1, -0.05) is 17.7 Å². The predicted molar refractivity (Wildman–Crippen MR) is 103 cm³/mol. The normalized spacial score (nSPS) is 11.0. The fourth-order valence-electron chi connectivity index (χ4n) is 3.22. The van der Waals surface area contributed by atoms with Crippen molar-refractivity contribution in [3.05, 3.63) is 64.6 Å². The van der Waals surface area contributed by atoms with Crippen molar-refractivity contribution < 1.29 is 24.2 Å². The number of aliphatic hydroxyl groups is 1. The Morgan fingerprint density at radius 1 is 1.14 bits per heavy atom. The van der Waals surface area contributed by atoms with Gasteiger partial charge >= 0.3 is 0 Å². The summed E-state index contributed by atoms with van der Waals surface area (Å²) < 4.78 is 15.4. The Balaban J connectivity index is 2.15. The third-order valence-electron chi connectivity index (χ3n) is 4.68. The van der Waals surface area contributed by atoms with Crippen LogP contribution in [0.2, 0.25) is 0 Å². The summed E-state index contributed by atoms with van der Waals surface area (Å²) in [4.78, 5) is 25.3. The number of fused-ring (bicyclic) bond motifs is 1. The highest BCUT2D eigenvalue weighted by Gasteiger charge is 2.23. The maximum atomic E-state index is 14.0. The quantitative estimate of drug-likeness (QED) is 0.630. The van der Waals surface area contributed by atoms with Crippen LogP contribution in [0, 0.1) is 19.7 Å². The minimum Gasteiger partial charge on any atom is -0.505 e. The number of aromatic hydroxyl groups is 1. The van der Waals surface area contributed by atoms with Gasteiger partial charge in [-0.3, -0.25) is 14.2 Å². The first-order chi connectivity index (χ1) is 13.3. The number of phenols is 1. The van der Waals surface area contributed by atoms with Crippen molar-refractivity contribution in [3.63, 3.8) is 0 Å². The third-order valence-corrected chi connectivity index (χ3v) is 4.68. The summed E-state index contributed by atoms with van der Waals surface area (Å²) in [5.74, 6) is -2.10. The zero-order chi connectivity index (χ0) is 20.4. The number of nitrogens with zero attached hydrogens (tertiary/aromatic N) is 1. The molecule has 0 saturated heterocycles. The van der Waals surface area contributed by atoms with Crippen LogP contribution in [0.5, 0.6) is 5.75 Å². The number of amides is 1. The second kappa shape index (κ2) is 7.82. The zero-order valence-electron chi connectivity index (χ0n) is 15.6. The fourth-order valence-corrected chi connectivity index (χ4v) is 3.22. The lowest BCUT2D eigenvalue weighted by Gasteiger charge is -2.08. The van der Waals surface area contributed by atoms with Crippen LogP contribution in [-0.4, -0.2) is 39.7 Å². The first-order valence-corrected chi connectivity index (χ1v) is 8.84. The number of carbonyl (C=O) groups excluding carboxylic acids is 2. The summed E-state index contributed by atoms with van der Waals surface area (Å²) in [6, 6.07) is 9.32. The Morgan fingerprint density at radius 2 is 1.82 bits per heavy atom. The number of hydrogen-bond donors (Lipinski definition) is 3. The summed E-state index contributed by atoms with van der Waals surface area (Å²) in [6.07, 6.45) is -0.0679. The Bertz CT molecular complexity index is 1050. The molecule has 0 bridgehead atoms. The molecule has 6 nitrogen and oxygen atoms in total. The Labute approximate surface area is 161 Å². The first-order valence-electron chi connectivity index (χ1n) is 8.84. The van der Waals surface area contributed by atoms with E-state index in [1.807, 2.05) is 19.1 Å². The molecule has 7 heteroatoms. The monoisotopic (exact) mass is 384 g/mol. The minimum absolute atomic E-state index is 0.0679. The summed E-state index contributed by atoms with van der Waals surface area (Å²) in [5, 5.41) is 21.6. The molecule has 3 N–H and O–H groups in total. The lowest BCUT2D eigenvalue weighted by Crippen LogP contribution is -2.28. The largest absolute Gasteiger partial charge is 0.505 e. The molecule has 0 aliphatic carbocycles. The molecule has 2 aromatic carbocycles. The Morgan fingerprint density at radius 3 is 2.46 bits per heavy atom. The van der Waals surface area contributed by atoms with Crippen LogP contribution in [0.25, 0.3) is 10.9 Å². The van der Waals surface area contributed by atoms with E-state index in [9.17, 15) is 19.1 Å². The molecule has 0 radical (unpaired) electrons. The van der Waals surface area contributed by atoms with E-state index in [0.717, 1.165) is 11.6 Å². The van der Waals surface area contributed by atoms with Gasteiger partial charge in [-0.05, 0) is 37.6 Å². The van der Waals surface area contributed by atoms with Crippen molar-refractivity contribution in [2.45, 2.75) is 20.3 Å². The number of rotatable bonds is 5. The molecule has 1 amide bonds. The van der Waals surface area contributed by atoms with E-state index in [1.54, 1.807) is 19.1 Å². The molecule has 3 rings (SSSR count). The van der Waals surface area contributed by atoms with E-state index in [2.05, 4.69) is 5.32 Å². The van der Waals surface area contributed by atoms with Gasteiger partial charge in [-0.2, -0.15) is 0 Å². The maximum Gasteiger partial charge on any atom is 0.262 e. The second-order valence-electron chi connectivity index (χ2n) is 6.64. The summed E-state index contributed by atoms with van der Waals surface area (Å²) in [6.45, 7) is 3.50. The topological polar surface area (TPSA) is 91.6 Å². The third kappa shape index (κ3) is 3.61. The van der Waals surface area contributed by atoms with Gasteiger partial charge in [0.2, 0.25) is 5.91 Å². The number of nitrogens with one attached hydrogen (secondary N) is 1. The van der Waals surface area contributed by atoms with E-state index in [0.29, 0.717) is 22.2 Å². The molecule has 0 saturated carbocycles. The van der Waals surface area contributed by atoms with Crippen molar-refractivity contribution in [2.75, 3.05) is 13.2 Å². The van der Waals surface area contributed by atoms with Gasteiger partial charge in [0.05, 0.1) is 18.5 Å². The first kappa shape index (κ1) is 19.6. The van der Waals surface area contributed by atoms with Crippen LogP contribution in [0.3, 0.4) is 0 Å². The van der Waals surface area contributed by atoms with Crippen LogP contribution in [0.15, 0.2) is 36.4 Å². The van der Waals surface area contributed by atoms with E-state index < -0.39 is 11.6 Å². The number of halogens is 1. The molecule has 1 heterocycles. The van der Waals surface area contributed by atoms with Crippen LogP contribution in [0.4, 0.5) is 4.39 Å². The standard InChI is InChI=1S/C21H21FN2O4/c1-12-3-5-14(6-4-12)21(28)24-13(2)15(10-20(27)23-7-8-25)16-9-19(26)17(22)11-18(16)24/h3-6,9,11,25-26H,7-8,10H2,1-2H3,(H,23,27). The Hall–Kier alpha value is -3.19. The molecular formula is C21H21FN2O4. The molecule has 28 heavy (non-hydrogen) atoms. The van der Waals surface area contributed by atoms with Gasteiger partial charge < -0.3 is 15.5 Å². The van der Waals surface area contributed by atoms with Crippen molar-refractivity contribution >= 4 is 22.7 Å². The second-order valence-corrected chi connectivity index (χ2v) is 6.64. The average molecular weight is 384 g/mol. The number of phenolic OH excluding ortho intramolecular Hbond substituents is 1. The van der Waals surface area contributed by atoms with Gasteiger partial charge in [0.25, 0.3) is 5.91 Å². The number of aliphatic hydroxyl groups excluding tert-OH is 1. The predicted octanol–water partition coefficient (Wildman–Crippen LogP) is 2.44. The van der Waals surface area contributed by atoms with Gasteiger partial charge in [-0.15, -0.1) is 0 Å². The van der Waals surface area contributed by atoms with E-state index in [-0.39, 0.29) is 36.9 Å². The molecule has 0 spiro atoms. The number of benzene rings is 2. The molecule has 0 aliphatic heterocycles. The lowest BCUT2D eigenvalue weighted by molar-refractivity contribution is -0.120. The van der Waals surface area contributed by atoms with E-state index in [4.69, 9.17) is 5.11 Å². The summed E-state index contributed by atoms with van der Waals surface area (Å²) >= 11 is 0. The number of aryl methyl sites for hydroxylation is 1. The SMILES string of the molecule is Cc1ccc(C(=O)n2c(C)c(CC(=O)NCCO)c3cc(O)c(F)cc32)cc1. The molecule has 3 aromatic rings. The Kier molecular flexibility index (Phi) is 5.46. The van der Waals surface area contributed by atoms with Gasteiger partial charge in [-0.25, -0.2) is 4.39 Å². The number of carbonyl (C=O) groups is 2. The van der Waals surface area contributed by atoms with Crippen molar-refractivity contribution in [1.29, 1.82) is 0 Å². The van der Waals surface area contributed by atoms with Crippen LogP contribution >= 0.6 is 0 Å². The van der Waals surface area contributed by atoms with E-state index >= 15 is 0 Å². The maximum absolute atomic E-state index is 14.0. The smallest absolute Gasteiger partial charge is 0.262 e. The summed E-state index contributed by atoms with van der Waals surface area (Å²) in [7, 11) is 0. The molecule has 1 aromatic heterocycles. The van der Waals surface area contributed by atoms with Gasteiger partial charge in [0.15, 0.2) is 11.6 Å². The van der Waals surface area contributed by atoms with Crippen molar-refractivity contribution in [1.82, 2.24) is 9.88 Å². The molecule has 0 atom stereocenters. The molecule has 0 unspecified atom stereocenters. The average Bonchev–Trinajstić information content (AvgIpc) is 2.91. The highest BCUT2D eigenvalue weighted by molar-refractivity contribution is 6.05. The molecular weight excluding hydrogens is 363 g/mol. The molecule has 0 aliphatic rings. The molecule has 0 fully saturated rings. The summed E-state index contributed by atoms with van der Waals surface area (Å²) in [5.41, 5.74) is 2.72. The van der Waals surface area contributed by atoms with Gasteiger partial charge in [0, 0.05) is 29.3 Å². The number of hydrogen-bond acceptors (Lipinski definition) is 4. The van der Waals surface area contributed by atoms with Crippen LogP contribution in [-0.2, 0) is 11.2 Å². The number of aromatic nitrogens is 1. The van der Waals surface area contributed by atoms with Gasteiger partial charge in [0.1, 0.15) is 0 Å². The van der Waals surface area contributed by atoms with Crippen molar-refractivity contribution in [2.24, 2.45) is 0 Å². The fraction of sp³-hybridized carbons (Fsp3) is 0.238. The van der Waals surface area contributed by atoms with Crippen LogP contribution in [0.1, 0.15) is 27.2 Å². The molecule has 146 valence electrons. The zero-order valence-corrected chi connectivity index (χ0v) is 15.6. The van der Waals surface area contributed by atoms with Crippen molar-refractivity contribution in [3.8, 4) is 5.75 Å². The lowest BCUT2D eigenvalue weighted by atomic mass is 10.1. The van der Waals surface area contributed by atoms with Crippen LogP contribution < -0.4 is 5.32 Å².